The van der Waals surface area contributed by atoms with Crippen LogP contribution in [0.1, 0.15) is 18.5 Å². The number of hydrogen-bond acceptors (Lipinski definition) is 5. The van der Waals surface area contributed by atoms with Crippen LogP contribution in [0.25, 0.3) is 0 Å². The first kappa shape index (κ1) is 13.7. The topological polar surface area (TPSA) is 94.1 Å². The number of aromatic nitrogens is 1. The average Bonchev–Trinajstić information content (AvgIpc) is 2.39. The Morgan fingerprint density at radius 3 is 2.55 bits per heavy atom. The summed E-state index contributed by atoms with van der Waals surface area (Å²) in [5.41, 5.74) is 6.16. The predicted octanol–water partition coefficient (Wildman–Crippen LogP) is 2.88. The minimum Gasteiger partial charge on any atom is -0.384 e. The summed E-state index contributed by atoms with van der Waals surface area (Å²) < 4.78 is 12.9. The Morgan fingerprint density at radius 2 is 1.95 bits per heavy atom. The van der Waals surface area contributed by atoms with E-state index in [1.807, 2.05) is 0 Å². The largest absolute Gasteiger partial charge is 0.384 e. The molecular formula is C13H13FN4O2. The van der Waals surface area contributed by atoms with Crippen LogP contribution >= 0.6 is 0 Å². The molecule has 1 aromatic heterocycles. The molecule has 0 spiro atoms. The standard InChI is InChI=1S/C13H13FN4O2/c1-8(9-2-4-10(14)5-3-9)16-13-11(18(19)20)6-7-12(15)17-13/h2-8H,1H3,(H3,15,16,17). The number of anilines is 2. The van der Waals surface area contributed by atoms with Crippen LogP contribution in [0.3, 0.4) is 0 Å². The van der Waals surface area contributed by atoms with Crippen LogP contribution in [0.5, 0.6) is 0 Å². The lowest BCUT2D eigenvalue weighted by Gasteiger charge is -2.15. The molecule has 104 valence electrons. The first-order valence-electron chi connectivity index (χ1n) is 5.90. The summed E-state index contributed by atoms with van der Waals surface area (Å²) in [6.45, 7) is 1.79. The van der Waals surface area contributed by atoms with Crippen LogP contribution < -0.4 is 11.1 Å². The van der Waals surface area contributed by atoms with Gasteiger partial charge in [0, 0.05) is 6.07 Å². The van der Waals surface area contributed by atoms with Gasteiger partial charge >= 0.3 is 5.69 Å². The Balaban J connectivity index is 2.27. The molecule has 1 atom stereocenters. The fraction of sp³-hybridized carbons (Fsp3) is 0.154. The van der Waals surface area contributed by atoms with Crippen LogP contribution in [0.2, 0.25) is 0 Å². The fourth-order valence-corrected chi connectivity index (χ4v) is 1.76. The highest BCUT2D eigenvalue weighted by molar-refractivity contribution is 5.60. The molecule has 0 aliphatic carbocycles. The summed E-state index contributed by atoms with van der Waals surface area (Å²) in [4.78, 5) is 14.3. The minimum atomic E-state index is -0.536. The number of nitrogens with two attached hydrogens (primary N) is 1. The van der Waals surface area contributed by atoms with E-state index in [1.54, 1.807) is 19.1 Å². The van der Waals surface area contributed by atoms with Gasteiger partial charge in [0.2, 0.25) is 5.82 Å². The van der Waals surface area contributed by atoms with Crippen molar-refractivity contribution in [3.05, 3.63) is 57.9 Å². The van der Waals surface area contributed by atoms with Gasteiger partial charge in [0.05, 0.1) is 11.0 Å². The van der Waals surface area contributed by atoms with E-state index in [0.717, 1.165) is 5.56 Å². The van der Waals surface area contributed by atoms with Crippen LogP contribution in [0.4, 0.5) is 21.7 Å². The summed E-state index contributed by atoms with van der Waals surface area (Å²) in [6.07, 6.45) is 0. The summed E-state index contributed by atoms with van der Waals surface area (Å²) in [5.74, 6) is -0.0646. The number of nitrogens with one attached hydrogen (secondary N) is 1. The van der Waals surface area contributed by atoms with Crippen LogP contribution in [-0.4, -0.2) is 9.91 Å². The maximum Gasteiger partial charge on any atom is 0.311 e. The van der Waals surface area contributed by atoms with Crippen molar-refractivity contribution in [1.82, 2.24) is 4.98 Å². The molecule has 1 aromatic carbocycles. The second kappa shape index (κ2) is 5.52. The van der Waals surface area contributed by atoms with Crippen molar-refractivity contribution in [3.63, 3.8) is 0 Å². The van der Waals surface area contributed by atoms with Crippen LogP contribution in [0, 0.1) is 15.9 Å². The van der Waals surface area contributed by atoms with E-state index >= 15 is 0 Å². The van der Waals surface area contributed by atoms with E-state index in [2.05, 4.69) is 10.3 Å². The maximum atomic E-state index is 12.9. The lowest BCUT2D eigenvalue weighted by Crippen LogP contribution is -2.10. The molecule has 2 aromatic rings. The van der Waals surface area contributed by atoms with Gasteiger partial charge in [-0.15, -0.1) is 0 Å². The Morgan fingerprint density at radius 1 is 1.30 bits per heavy atom. The molecule has 0 saturated carbocycles. The summed E-state index contributed by atoms with van der Waals surface area (Å²) in [6, 6.07) is 8.25. The SMILES string of the molecule is CC(Nc1nc(N)ccc1[N+](=O)[O-])c1ccc(F)cc1. The normalized spacial score (nSPS) is 11.9. The van der Waals surface area contributed by atoms with Crippen LogP contribution in [-0.2, 0) is 0 Å². The van der Waals surface area contributed by atoms with Gasteiger partial charge in [-0.2, -0.15) is 0 Å². The van der Waals surface area contributed by atoms with Crippen molar-refractivity contribution in [2.24, 2.45) is 0 Å². The molecule has 0 aliphatic heterocycles. The number of nitro groups is 1. The van der Waals surface area contributed by atoms with Gasteiger partial charge < -0.3 is 11.1 Å². The Hall–Kier alpha value is -2.70. The first-order valence-corrected chi connectivity index (χ1v) is 5.90. The number of nitrogen functional groups attached to an aromatic ring is 1. The lowest BCUT2D eigenvalue weighted by atomic mass is 10.1. The molecule has 0 amide bonds. The zero-order valence-corrected chi connectivity index (χ0v) is 10.7. The molecule has 0 fully saturated rings. The zero-order valence-electron chi connectivity index (χ0n) is 10.7. The number of benzene rings is 1. The summed E-state index contributed by atoms with van der Waals surface area (Å²) in [7, 11) is 0. The molecule has 0 saturated heterocycles. The monoisotopic (exact) mass is 276 g/mol. The van der Waals surface area contributed by atoms with E-state index in [0.29, 0.717) is 0 Å². The van der Waals surface area contributed by atoms with E-state index < -0.39 is 4.92 Å². The highest BCUT2D eigenvalue weighted by Crippen LogP contribution is 2.27. The molecule has 3 N–H and O–H groups in total. The van der Waals surface area contributed by atoms with Crippen molar-refractivity contribution >= 4 is 17.3 Å². The highest BCUT2D eigenvalue weighted by atomic mass is 19.1. The second-order valence-corrected chi connectivity index (χ2v) is 4.28. The molecule has 2 rings (SSSR count). The molecular weight excluding hydrogens is 263 g/mol. The highest BCUT2D eigenvalue weighted by Gasteiger charge is 2.17. The van der Waals surface area contributed by atoms with Gasteiger partial charge in [-0.3, -0.25) is 10.1 Å². The van der Waals surface area contributed by atoms with Crippen molar-refractivity contribution < 1.29 is 9.31 Å². The molecule has 1 unspecified atom stereocenters. The lowest BCUT2D eigenvalue weighted by molar-refractivity contribution is -0.384. The zero-order chi connectivity index (χ0) is 14.7. The second-order valence-electron chi connectivity index (χ2n) is 4.28. The molecule has 1 heterocycles. The molecule has 0 aliphatic rings. The van der Waals surface area contributed by atoms with Crippen molar-refractivity contribution in [3.8, 4) is 0 Å². The predicted molar refractivity (Wildman–Crippen MR) is 73.7 cm³/mol. The van der Waals surface area contributed by atoms with E-state index in [4.69, 9.17) is 5.73 Å². The van der Waals surface area contributed by atoms with E-state index in [-0.39, 0.29) is 29.2 Å². The third-order valence-electron chi connectivity index (χ3n) is 2.82. The maximum absolute atomic E-state index is 12.9. The quantitative estimate of drug-likeness (QED) is 0.661. The molecule has 7 heteroatoms. The molecule has 6 nitrogen and oxygen atoms in total. The van der Waals surface area contributed by atoms with Crippen molar-refractivity contribution in [2.75, 3.05) is 11.1 Å². The van der Waals surface area contributed by atoms with E-state index in [9.17, 15) is 14.5 Å². The van der Waals surface area contributed by atoms with Gasteiger partial charge in [-0.25, -0.2) is 9.37 Å². The smallest absolute Gasteiger partial charge is 0.311 e. The molecule has 20 heavy (non-hydrogen) atoms. The third kappa shape index (κ3) is 3.00. The first-order chi connectivity index (χ1) is 9.47. The summed E-state index contributed by atoms with van der Waals surface area (Å²) in [5, 5.41) is 13.8. The Labute approximate surface area is 114 Å². The van der Waals surface area contributed by atoms with Gasteiger partial charge in [0.1, 0.15) is 11.6 Å². The number of hydrogen-bond donors (Lipinski definition) is 2. The molecule has 0 bridgehead atoms. The number of pyridine rings is 1. The van der Waals surface area contributed by atoms with Gasteiger partial charge in [-0.1, -0.05) is 12.1 Å². The Bertz CT molecular complexity index is 631. The van der Waals surface area contributed by atoms with Crippen molar-refractivity contribution in [1.29, 1.82) is 0 Å². The van der Waals surface area contributed by atoms with Crippen molar-refractivity contribution in [2.45, 2.75) is 13.0 Å². The molecule has 0 radical (unpaired) electrons. The van der Waals surface area contributed by atoms with Crippen LogP contribution in [0.15, 0.2) is 36.4 Å². The number of halogens is 1. The Kier molecular flexibility index (Phi) is 3.79. The average molecular weight is 276 g/mol. The third-order valence-corrected chi connectivity index (χ3v) is 2.82. The number of nitrogens with zero attached hydrogens (tertiary/aromatic N) is 2. The minimum absolute atomic E-state index is 0.0897. The number of rotatable bonds is 4. The fourth-order valence-electron chi connectivity index (χ4n) is 1.76. The van der Waals surface area contributed by atoms with Gasteiger partial charge in [-0.05, 0) is 30.7 Å². The van der Waals surface area contributed by atoms with Gasteiger partial charge in [0.15, 0.2) is 0 Å². The summed E-state index contributed by atoms with van der Waals surface area (Å²) >= 11 is 0. The van der Waals surface area contributed by atoms with Gasteiger partial charge in [0.25, 0.3) is 0 Å². The van der Waals surface area contributed by atoms with E-state index in [1.165, 1.54) is 24.3 Å².